The summed E-state index contributed by atoms with van der Waals surface area (Å²) in [5, 5.41) is 3.96. The van der Waals surface area contributed by atoms with Crippen molar-refractivity contribution in [3.63, 3.8) is 0 Å². The Balaban J connectivity index is 2.00. The van der Waals surface area contributed by atoms with Crippen LogP contribution in [0.4, 0.5) is 19.1 Å². The maximum Gasteiger partial charge on any atom is 0.277 e. The van der Waals surface area contributed by atoms with Gasteiger partial charge in [-0.1, -0.05) is 0 Å². The number of nitrogens with two attached hydrogens (primary N) is 1. The van der Waals surface area contributed by atoms with Crippen LogP contribution in [0.25, 0.3) is 27.7 Å². The number of nitrogen functional groups attached to an aromatic ring is 1. The SMILES string of the molecule is Cc1nc2c(F)cc(-c3ccn4nc(N)[nH]c(=O)c34)cc2n1CC(F)F. The standard InChI is InChI=1S/C16H13F3N6O/c1-7-21-13-10(17)4-8(5-11(13)24(7)6-12(18)19)9-2-3-25-14(9)15(26)22-16(20)23-25/h2-5,12H,6H2,1H3,(H3,20,22,23,26). The predicted molar refractivity (Wildman–Crippen MR) is 89.7 cm³/mol. The van der Waals surface area contributed by atoms with E-state index in [0.717, 1.165) is 0 Å². The van der Waals surface area contributed by atoms with E-state index < -0.39 is 24.3 Å². The molecule has 0 spiro atoms. The topological polar surface area (TPSA) is 94.0 Å². The van der Waals surface area contributed by atoms with Gasteiger partial charge in [0.1, 0.15) is 16.9 Å². The molecule has 26 heavy (non-hydrogen) atoms. The first-order chi connectivity index (χ1) is 12.3. The summed E-state index contributed by atoms with van der Waals surface area (Å²) in [6.45, 7) is 0.938. The van der Waals surface area contributed by atoms with Crippen LogP contribution < -0.4 is 11.3 Å². The molecule has 7 nitrogen and oxygen atoms in total. The Morgan fingerprint density at radius 3 is 2.85 bits per heavy atom. The highest BCUT2D eigenvalue weighted by atomic mass is 19.3. The molecule has 0 saturated carbocycles. The van der Waals surface area contributed by atoms with Gasteiger partial charge in [0.05, 0.1) is 12.1 Å². The molecule has 0 fully saturated rings. The minimum atomic E-state index is -2.61. The first-order valence-electron chi connectivity index (χ1n) is 7.67. The lowest BCUT2D eigenvalue weighted by atomic mass is 10.1. The molecule has 1 aromatic carbocycles. The number of nitrogens with one attached hydrogen (secondary N) is 1. The van der Waals surface area contributed by atoms with E-state index in [0.29, 0.717) is 11.1 Å². The number of nitrogens with zero attached hydrogens (tertiary/aromatic N) is 4. The number of anilines is 1. The Morgan fingerprint density at radius 2 is 2.12 bits per heavy atom. The fourth-order valence-corrected chi connectivity index (χ4v) is 3.10. The Kier molecular flexibility index (Phi) is 3.49. The number of halogens is 3. The summed E-state index contributed by atoms with van der Waals surface area (Å²) in [5.74, 6) is -0.435. The van der Waals surface area contributed by atoms with Gasteiger partial charge in [0.2, 0.25) is 5.95 Å². The third-order valence-corrected chi connectivity index (χ3v) is 4.17. The number of alkyl halides is 2. The number of imidazole rings is 1. The van der Waals surface area contributed by atoms with Crippen LogP contribution >= 0.6 is 0 Å². The number of aromatic amines is 1. The predicted octanol–water partition coefficient (Wildman–Crippen LogP) is 2.33. The Labute approximate surface area is 143 Å². The smallest absolute Gasteiger partial charge is 0.277 e. The summed E-state index contributed by atoms with van der Waals surface area (Å²) in [6, 6.07) is 4.33. The zero-order valence-electron chi connectivity index (χ0n) is 13.5. The first kappa shape index (κ1) is 16.2. The normalized spacial score (nSPS) is 11.9. The zero-order valence-corrected chi connectivity index (χ0v) is 13.5. The highest BCUT2D eigenvalue weighted by Crippen LogP contribution is 2.30. The lowest BCUT2D eigenvalue weighted by molar-refractivity contribution is 0.127. The molecule has 134 valence electrons. The van der Waals surface area contributed by atoms with Gasteiger partial charge in [0, 0.05) is 11.8 Å². The van der Waals surface area contributed by atoms with Crippen LogP contribution in [0.3, 0.4) is 0 Å². The van der Waals surface area contributed by atoms with Crippen molar-refractivity contribution >= 4 is 22.5 Å². The summed E-state index contributed by atoms with van der Waals surface area (Å²) in [5.41, 5.74) is 6.19. The van der Waals surface area contributed by atoms with Gasteiger partial charge in [-0.25, -0.2) is 22.7 Å². The Morgan fingerprint density at radius 1 is 1.35 bits per heavy atom. The van der Waals surface area contributed by atoms with E-state index in [-0.39, 0.29) is 28.3 Å². The van der Waals surface area contributed by atoms with E-state index in [9.17, 15) is 18.0 Å². The molecule has 4 aromatic rings. The van der Waals surface area contributed by atoms with Crippen molar-refractivity contribution in [3.05, 3.63) is 46.4 Å². The third kappa shape index (κ3) is 2.41. The molecule has 4 rings (SSSR count). The molecule has 0 aliphatic heterocycles. The Hall–Kier alpha value is -3.30. The van der Waals surface area contributed by atoms with E-state index in [2.05, 4.69) is 15.1 Å². The second kappa shape index (κ2) is 5.61. The van der Waals surface area contributed by atoms with Gasteiger partial charge < -0.3 is 10.3 Å². The lowest BCUT2D eigenvalue weighted by Crippen LogP contribution is -2.15. The molecule has 0 saturated heterocycles. The molecule has 3 N–H and O–H groups in total. The van der Waals surface area contributed by atoms with Crippen LogP contribution in [0.1, 0.15) is 5.82 Å². The monoisotopic (exact) mass is 362 g/mol. The number of rotatable bonds is 3. The molecule has 10 heteroatoms. The van der Waals surface area contributed by atoms with Crippen LogP contribution in [0.15, 0.2) is 29.2 Å². The molecule has 0 aliphatic rings. The van der Waals surface area contributed by atoms with Crippen molar-refractivity contribution in [3.8, 4) is 11.1 Å². The molecular weight excluding hydrogens is 349 g/mol. The number of hydrogen-bond acceptors (Lipinski definition) is 4. The summed E-state index contributed by atoms with van der Waals surface area (Å²) in [7, 11) is 0. The summed E-state index contributed by atoms with van der Waals surface area (Å²) in [6.07, 6.45) is -1.09. The molecule has 0 amide bonds. The highest BCUT2D eigenvalue weighted by molar-refractivity contribution is 5.88. The number of aryl methyl sites for hydroxylation is 1. The lowest BCUT2D eigenvalue weighted by Gasteiger charge is -2.07. The van der Waals surface area contributed by atoms with Gasteiger partial charge in [-0.3, -0.25) is 9.78 Å². The number of aromatic nitrogens is 5. The van der Waals surface area contributed by atoms with Crippen molar-refractivity contribution in [1.82, 2.24) is 24.1 Å². The second-order valence-corrected chi connectivity index (χ2v) is 5.85. The summed E-state index contributed by atoms with van der Waals surface area (Å²) in [4.78, 5) is 18.6. The van der Waals surface area contributed by atoms with Crippen molar-refractivity contribution in [2.45, 2.75) is 19.9 Å². The van der Waals surface area contributed by atoms with Crippen molar-refractivity contribution in [2.24, 2.45) is 0 Å². The maximum absolute atomic E-state index is 14.5. The van der Waals surface area contributed by atoms with E-state index in [1.54, 1.807) is 6.07 Å². The van der Waals surface area contributed by atoms with Gasteiger partial charge in [-0.2, -0.15) is 0 Å². The molecular formula is C16H13F3N6O. The van der Waals surface area contributed by atoms with Gasteiger partial charge in [0.25, 0.3) is 12.0 Å². The molecule has 0 bridgehead atoms. The fourth-order valence-electron chi connectivity index (χ4n) is 3.10. The molecule has 0 aliphatic carbocycles. The second-order valence-electron chi connectivity index (χ2n) is 5.85. The van der Waals surface area contributed by atoms with Crippen LogP contribution in [0, 0.1) is 12.7 Å². The van der Waals surface area contributed by atoms with Gasteiger partial charge in [-0.05, 0) is 30.7 Å². The van der Waals surface area contributed by atoms with E-state index in [1.807, 2.05) is 0 Å². The zero-order chi connectivity index (χ0) is 18.6. The minimum absolute atomic E-state index is 0.00620. The average Bonchev–Trinajstić information content (AvgIpc) is 3.10. The molecule has 3 heterocycles. The van der Waals surface area contributed by atoms with Gasteiger partial charge >= 0.3 is 0 Å². The molecule has 0 atom stereocenters. The number of fused-ring (bicyclic) bond motifs is 2. The fraction of sp³-hybridized carbons (Fsp3) is 0.188. The number of benzene rings is 1. The quantitative estimate of drug-likeness (QED) is 0.585. The third-order valence-electron chi connectivity index (χ3n) is 4.17. The van der Waals surface area contributed by atoms with E-state index >= 15 is 0 Å². The number of hydrogen-bond donors (Lipinski definition) is 2. The van der Waals surface area contributed by atoms with Crippen LogP contribution in [-0.4, -0.2) is 30.6 Å². The molecule has 3 aromatic heterocycles. The summed E-state index contributed by atoms with van der Waals surface area (Å²) < 4.78 is 42.8. The van der Waals surface area contributed by atoms with E-state index in [1.165, 1.54) is 34.3 Å². The summed E-state index contributed by atoms with van der Waals surface area (Å²) >= 11 is 0. The molecule has 0 unspecified atom stereocenters. The van der Waals surface area contributed by atoms with Crippen molar-refractivity contribution in [2.75, 3.05) is 5.73 Å². The van der Waals surface area contributed by atoms with Crippen molar-refractivity contribution < 1.29 is 13.2 Å². The Bertz CT molecular complexity index is 1210. The van der Waals surface area contributed by atoms with Crippen LogP contribution in [0.2, 0.25) is 0 Å². The highest BCUT2D eigenvalue weighted by Gasteiger charge is 2.18. The largest absolute Gasteiger partial charge is 0.368 e. The van der Waals surface area contributed by atoms with Crippen molar-refractivity contribution in [1.29, 1.82) is 0 Å². The first-order valence-corrected chi connectivity index (χ1v) is 7.67. The van der Waals surface area contributed by atoms with E-state index in [4.69, 9.17) is 5.73 Å². The van der Waals surface area contributed by atoms with Gasteiger partial charge in [-0.15, -0.1) is 5.10 Å². The average molecular weight is 362 g/mol. The van der Waals surface area contributed by atoms with Crippen LogP contribution in [0.5, 0.6) is 0 Å². The maximum atomic E-state index is 14.5. The van der Waals surface area contributed by atoms with Crippen LogP contribution in [-0.2, 0) is 6.54 Å². The molecule has 0 radical (unpaired) electrons. The number of H-pyrrole nitrogens is 1. The minimum Gasteiger partial charge on any atom is -0.368 e. The van der Waals surface area contributed by atoms with Gasteiger partial charge in [0.15, 0.2) is 5.82 Å².